The standard InChI is InChI=1S/C27H27ClN6O3/c28-23-14-22-13-20(25(23)34-8-11-36-12-9-34)17-37-10-2-1-7-30-26(35)19-5-3-18(4-6-19)24-21(15-29)16-31-27(32-22)33-24/h3-6,13-14,16H,1-2,7-12,17H2,(H,30,35)(H,31,32,33). The zero-order valence-electron chi connectivity index (χ0n) is 20.3. The number of amides is 1. The minimum absolute atomic E-state index is 0.142. The third-order valence-corrected chi connectivity index (χ3v) is 6.60. The van der Waals surface area contributed by atoms with Crippen LogP contribution < -0.4 is 15.5 Å². The Bertz CT molecular complexity index is 1320. The van der Waals surface area contributed by atoms with Crippen LogP contribution in [0, 0.1) is 11.3 Å². The number of aromatic nitrogens is 2. The van der Waals surface area contributed by atoms with E-state index in [4.69, 9.17) is 21.1 Å². The molecule has 2 N–H and O–H groups in total. The van der Waals surface area contributed by atoms with Crippen molar-refractivity contribution in [3.63, 3.8) is 0 Å². The van der Waals surface area contributed by atoms with Gasteiger partial charge in [0.15, 0.2) is 0 Å². The molecule has 2 aromatic carbocycles. The van der Waals surface area contributed by atoms with Gasteiger partial charge in [-0.2, -0.15) is 5.26 Å². The van der Waals surface area contributed by atoms with E-state index in [1.165, 1.54) is 6.20 Å². The van der Waals surface area contributed by atoms with E-state index in [2.05, 4.69) is 31.6 Å². The molecule has 190 valence electrons. The van der Waals surface area contributed by atoms with Gasteiger partial charge in [-0.15, -0.1) is 0 Å². The topological polar surface area (TPSA) is 112 Å². The van der Waals surface area contributed by atoms with Crippen LogP contribution in [0.4, 0.5) is 17.3 Å². The zero-order chi connectivity index (χ0) is 25.6. The van der Waals surface area contributed by atoms with Crippen molar-refractivity contribution in [2.75, 3.05) is 49.7 Å². The summed E-state index contributed by atoms with van der Waals surface area (Å²) in [5.41, 5.74) is 4.69. The summed E-state index contributed by atoms with van der Waals surface area (Å²) in [7, 11) is 0. The van der Waals surface area contributed by atoms with E-state index in [0.29, 0.717) is 66.3 Å². The number of nitrogens with zero attached hydrogens (tertiary/aromatic N) is 4. The maximum atomic E-state index is 12.5. The Morgan fingerprint density at radius 3 is 2.59 bits per heavy atom. The van der Waals surface area contributed by atoms with Crippen LogP contribution in [0.25, 0.3) is 11.3 Å². The zero-order valence-corrected chi connectivity index (χ0v) is 21.1. The van der Waals surface area contributed by atoms with Crippen molar-refractivity contribution >= 4 is 34.8 Å². The third kappa shape index (κ3) is 5.83. The number of anilines is 3. The molecule has 4 heterocycles. The molecule has 1 fully saturated rings. The highest BCUT2D eigenvalue weighted by Gasteiger charge is 2.20. The molecular formula is C27H27ClN6O3. The van der Waals surface area contributed by atoms with Crippen LogP contribution in [0.1, 0.15) is 34.3 Å². The quantitative estimate of drug-likeness (QED) is 0.490. The first-order valence-electron chi connectivity index (χ1n) is 12.3. The molecule has 0 radical (unpaired) electrons. The largest absolute Gasteiger partial charge is 0.378 e. The van der Waals surface area contributed by atoms with Crippen LogP contribution in [-0.4, -0.2) is 55.3 Å². The summed E-state index contributed by atoms with van der Waals surface area (Å²) in [4.78, 5) is 23.7. The molecule has 0 unspecified atom stereocenters. The van der Waals surface area contributed by atoms with Gasteiger partial charge in [0.1, 0.15) is 6.07 Å². The van der Waals surface area contributed by atoms with Crippen LogP contribution in [0.2, 0.25) is 5.02 Å². The number of benzene rings is 2. The summed E-state index contributed by atoms with van der Waals surface area (Å²) in [6.45, 7) is 4.29. The van der Waals surface area contributed by atoms with E-state index in [1.807, 2.05) is 12.1 Å². The molecule has 3 aromatic rings. The monoisotopic (exact) mass is 518 g/mol. The number of halogens is 1. The maximum Gasteiger partial charge on any atom is 0.251 e. The Balaban J connectivity index is 1.53. The van der Waals surface area contributed by atoms with Crippen LogP contribution in [0.3, 0.4) is 0 Å². The molecule has 1 saturated heterocycles. The van der Waals surface area contributed by atoms with E-state index >= 15 is 0 Å². The summed E-state index contributed by atoms with van der Waals surface area (Å²) in [5.74, 6) is 0.188. The first kappa shape index (κ1) is 25.0. The number of nitrogens with one attached hydrogen (secondary N) is 2. The number of ether oxygens (including phenoxy) is 2. The van der Waals surface area contributed by atoms with Gasteiger partial charge in [0.25, 0.3) is 5.91 Å². The van der Waals surface area contributed by atoms with Crippen molar-refractivity contribution in [2.24, 2.45) is 0 Å². The van der Waals surface area contributed by atoms with Crippen molar-refractivity contribution in [1.82, 2.24) is 15.3 Å². The first-order valence-corrected chi connectivity index (χ1v) is 12.7. The van der Waals surface area contributed by atoms with Gasteiger partial charge in [0.2, 0.25) is 5.95 Å². The molecule has 0 saturated carbocycles. The lowest BCUT2D eigenvalue weighted by atomic mass is 10.1. The average Bonchev–Trinajstić information content (AvgIpc) is 2.92. The molecule has 9 nitrogen and oxygen atoms in total. The minimum atomic E-state index is -0.142. The number of carbonyl (C=O) groups is 1. The van der Waals surface area contributed by atoms with Crippen LogP contribution in [0.15, 0.2) is 42.6 Å². The molecule has 3 aliphatic rings. The summed E-state index contributed by atoms with van der Waals surface area (Å²) < 4.78 is 11.5. The van der Waals surface area contributed by atoms with Crippen molar-refractivity contribution < 1.29 is 14.3 Å². The van der Waals surface area contributed by atoms with Crippen LogP contribution in [0.5, 0.6) is 0 Å². The van der Waals surface area contributed by atoms with Gasteiger partial charge < -0.3 is 25.0 Å². The van der Waals surface area contributed by atoms with Crippen molar-refractivity contribution in [1.29, 1.82) is 5.26 Å². The number of hydrogen-bond donors (Lipinski definition) is 2. The summed E-state index contributed by atoms with van der Waals surface area (Å²) in [5, 5.41) is 16.4. The lowest BCUT2D eigenvalue weighted by Crippen LogP contribution is -2.37. The number of fused-ring (bicyclic) bond motifs is 9. The molecule has 0 spiro atoms. The number of nitriles is 1. The number of hydrogen-bond acceptors (Lipinski definition) is 8. The second kappa shape index (κ2) is 11.6. The fourth-order valence-corrected chi connectivity index (χ4v) is 4.81. The Morgan fingerprint density at radius 2 is 1.81 bits per heavy atom. The van der Waals surface area contributed by atoms with E-state index in [9.17, 15) is 10.1 Å². The van der Waals surface area contributed by atoms with Gasteiger partial charge in [0, 0.05) is 48.6 Å². The molecule has 1 amide bonds. The lowest BCUT2D eigenvalue weighted by molar-refractivity contribution is 0.0946. The molecule has 0 aliphatic carbocycles. The van der Waals surface area contributed by atoms with Crippen LogP contribution >= 0.6 is 11.6 Å². The Labute approximate surface area is 220 Å². The van der Waals surface area contributed by atoms with Gasteiger partial charge in [0.05, 0.1) is 48.0 Å². The molecular weight excluding hydrogens is 492 g/mol. The minimum Gasteiger partial charge on any atom is -0.378 e. The third-order valence-electron chi connectivity index (χ3n) is 6.31. The Morgan fingerprint density at radius 1 is 1.03 bits per heavy atom. The molecule has 37 heavy (non-hydrogen) atoms. The predicted octanol–water partition coefficient (Wildman–Crippen LogP) is 4.29. The fourth-order valence-electron chi connectivity index (χ4n) is 4.45. The summed E-state index contributed by atoms with van der Waals surface area (Å²) in [6, 6.07) is 13.0. The maximum absolute atomic E-state index is 12.5. The predicted molar refractivity (Wildman–Crippen MR) is 141 cm³/mol. The Kier molecular flexibility index (Phi) is 7.80. The van der Waals surface area contributed by atoms with E-state index in [1.54, 1.807) is 24.3 Å². The second-order valence-corrected chi connectivity index (χ2v) is 9.26. The van der Waals surface area contributed by atoms with Crippen molar-refractivity contribution in [3.8, 4) is 17.3 Å². The van der Waals surface area contributed by atoms with E-state index < -0.39 is 0 Å². The van der Waals surface area contributed by atoms with Gasteiger partial charge in [-0.05, 0) is 37.1 Å². The van der Waals surface area contributed by atoms with Gasteiger partial charge in [-0.1, -0.05) is 23.7 Å². The van der Waals surface area contributed by atoms with Gasteiger partial charge in [-0.25, -0.2) is 9.97 Å². The second-order valence-electron chi connectivity index (χ2n) is 8.85. The SMILES string of the molecule is N#Cc1cnc2nc1-c1ccc(cc1)C(=O)NCCCCOCc1cc(cc(Cl)c1N1CCOCC1)N2. The first-order chi connectivity index (χ1) is 18.1. The highest BCUT2D eigenvalue weighted by molar-refractivity contribution is 6.33. The van der Waals surface area contributed by atoms with Crippen molar-refractivity contribution in [3.05, 3.63) is 64.3 Å². The number of carbonyl (C=O) groups excluding carboxylic acids is 1. The van der Waals surface area contributed by atoms with Gasteiger partial charge in [-0.3, -0.25) is 4.79 Å². The molecule has 3 aliphatic heterocycles. The fraction of sp³-hybridized carbons (Fsp3) is 0.333. The summed E-state index contributed by atoms with van der Waals surface area (Å²) in [6.07, 6.45) is 3.10. The Hall–Kier alpha value is -3.71. The average molecular weight is 519 g/mol. The normalized spacial score (nSPS) is 16.5. The molecule has 6 bridgehead atoms. The molecule has 0 atom stereocenters. The molecule has 6 rings (SSSR count). The molecule has 1 aromatic heterocycles. The number of rotatable bonds is 1. The molecule has 10 heteroatoms. The van der Waals surface area contributed by atoms with E-state index in [-0.39, 0.29) is 5.91 Å². The van der Waals surface area contributed by atoms with Crippen molar-refractivity contribution in [2.45, 2.75) is 19.4 Å². The van der Waals surface area contributed by atoms with Crippen LogP contribution in [-0.2, 0) is 16.1 Å². The highest BCUT2D eigenvalue weighted by atomic mass is 35.5. The van der Waals surface area contributed by atoms with Gasteiger partial charge >= 0.3 is 0 Å². The lowest BCUT2D eigenvalue weighted by Gasteiger charge is -2.31. The summed E-state index contributed by atoms with van der Waals surface area (Å²) >= 11 is 6.81. The smallest absolute Gasteiger partial charge is 0.251 e. The number of morpholine rings is 1. The van der Waals surface area contributed by atoms with E-state index in [0.717, 1.165) is 42.9 Å². The highest BCUT2D eigenvalue weighted by Crippen LogP contribution is 2.35.